The Morgan fingerprint density at radius 1 is 1.05 bits per heavy atom. The topological polar surface area (TPSA) is 12.0 Å². The van der Waals surface area contributed by atoms with E-state index in [1.165, 1.54) is 0 Å². The van der Waals surface area contributed by atoms with Crippen molar-refractivity contribution in [3.63, 3.8) is 0 Å². The molecule has 1 nitrogen and oxygen atoms in total. The van der Waals surface area contributed by atoms with Crippen LogP contribution in [0.15, 0.2) is 30.3 Å². The molecule has 0 unspecified atom stereocenters. The number of hydrogen-bond donors (Lipinski definition) is 1. The Hall–Kier alpha value is -1.52. The zero-order valence-electron chi connectivity index (χ0n) is 11.5. The number of hydrogen-bond acceptors (Lipinski definition) is 1. The number of rotatable bonds is 5. The van der Waals surface area contributed by atoms with Crippen LogP contribution in [-0.4, -0.2) is 6.54 Å². The van der Waals surface area contributed by atoms with E-state index in [0.717, 1.165) is 18.5 Å². The average Bonchev–Trinajstić information content (AvgIpc) is 2.40. The zero-order valence-corrected chi connectivity index (χ0v) is 12.3. The standard InChI is InChI=1S/C16H15ClF3N/c1-2-5-21-9-10-3-4-12(13(17)6-10)16-14(19)7-11(18)8-15(16)20/h3-4,6-8,21H,2,5,9H2,1H3. The molecule has 0 fully saturated rings. The van der Waals surface area contributed by atoms with Gasteiger partial charge < -0.3 is 5.32 Å². The fraction of sp³-hybridized carbons (Fsp3) is 0.250. The number of benzene rings is 2. The first-order valence-electron chi connectivity index (χ1n) is 6.67. The second kappa shape index (κ2) is 6.96. The average molecular weight is 314 g/mol. The first-order valence-corrected chi connectivity index (χ1v) is 7.04. The van der Waals surface area contributed by atoms with E-state index < -0.39 is 17.5 Å². The maximum atomic E-state index is 13.8. The van der Waals surface area contributed by atoms with Crippen LogP contribution in [-0.2, 0) is 6.54 Å². The van der Waals surface area contributed by atoms with Gasteiger partial charge in [-0.05, 0) is 24.6 Å². The highest BCUT2D eigenvalue weighted by atomic mass is 35.5. The van der Waals surface area contributed by atoms with Crippen LogP contribution >= 0.6 is 11.6 Å². The van der Waals surface area contributed by atoms with E-state index >= 15 is 0 Å². The summed E-state index contributed by atoms with van der Waals surface area (Å²) in [5.74, 6) is -2.89. The fourth-order valence-electron chi connectivity index (χ4n) is 2.08. The highest BCUT2D eigenvalue weighted by Crippen LogP contribution is 2.33. The summed E-state index contributed by atoms with van der Waals surface area (Å²) in [6.45, 7) is 3.56. The van der Waals surface area contributed by atoms with E-state index in [-0.39, 0.29) is 16.1 Å². The molecule has 21 heavy (non-hydrogen) atoms. The minimum absolute atomic E-state index is 0.214. The molecule has 0 spiro atoms. The summed E-state index contributed by atoms with van der Waals surface area (Å²) in [4.78, 5) is 0. The van der Waals surface area contributed by atoms with Gasteiger partial charge >= 0.3 is 0 Å². The van der Waals surface area contributed by atoms with E-state index in [1.54, 1.807) is 18.2 Å². The first-order chi connectivity index (χ1) is 10.0. The smallest absolute Gasteiger partial charge is 0.136 e. The third-order valence-corrected chi connectivity index (χ3v) is 3.38. The Morgan fingerprint density at radius 2 is 1.71 bits per heavy atom. The molecule has 2 aromatic carbocycles. The molecule has 0 radical (unpaired) electrons. The lowest BCUT2D eigenvalue weighted by atomic mass is 10.0. The van der Waals surface area contributed by atoms with Gasteiger partial charge in [-0.25, -0.2) is 13.2 Å². The molecule has 0 aliphatic heterocycles. The molecular formula is C16H15ClF3N. The van der Waals surface area contributed by atoms with Crippen LogP contribution in [0.25, 0.3) is 11.1 Å². The molecule has 0 aliphatic carbocycles. The van der Waals surface area contributed by atoms with Crippen molar-refractivity contribution in [3.05, 3.63) is 58.4 Å². The molecule has 0 saturated carbocycles. The lowest BCUT2D eigenvalue weighted by molar-refractivity contribution is 0.548. The van der Waals surface area contributed by atoms with Gasteiger partial charge in [0, 0.05) is 29.3 Å². The summed E-state index contributed by atoms with van der Waals surface area (Å²) in [6, 6.07) is 6.23. The Kier molecular flexibility index (Phi) is 5.26. The van der Waals surface area contributed by atoms with Gasteiger partial charge in [0.1, 0.15) is 17.5 Å². The first kappa shape index (κ1) is 15.9. The number of halogens is 4. The predicted molar refractivity (Wildman–Crippen MR) is 78.8 cm³/mol. The summed E-state index contributed by atoms with van der Waals surface area (Å²) >= 11 is 6.11. The zero-order chi connectivity index (χ0) is 15.4. The van der Waals surface area contributed by atoms with Crippen molar-refractivity contribution < 1.29 is 13.2 Å². The van der Waals surface area contributed by atoms with Gasteiger partial charge in [0.05, 0.1) is 5.56 Å². The van der Waals surface area contributed by atoms with Crippen molar-refractivity contribution in [2.24, 2.45) is 0 Å². The molecule has 1 N–H and O–H groups in total. The van der Waals surface area contributed by atoms with Gasteiger partial charge in [0.15, 0.2) is 0 Å². The van der Waals surface area contributed by atoms with Gasteiger partial charge in [-0.3, -0.25) is 0 Å². The predicted octanol–water partition coefficient (Wildman–Crippen LogP) is 4.92. The normalized spacial score (nSPS) is 10.9. The van der Waals surface area contributed by atoms with Crippen LogP contribution in [0.5, 0.6) is 0 Å². The molecule has 0 bridgehead atoms. The Labute approximate surface area is 126 Å². The summed E-state index contributed by atoms with van der Waals surface area (Å²) in [6.07, 6.45) is 1.01. The maximum Gasteiger partial charge on any atom is 0.136 e. The van der Waals surface area contributed by atoms with Crippen LogP contribution in [0.3, 0.4) is 0 Å². The van der Waals surface area contributed by atoms with E-state index in [9.17, 15) is 13.2 Å². The summed E-state index contributed by atoms with van der Waals surface area (Å²) in [7, 11) is 0. The van der Waals surface area contributed by atoms with Crippen LogP contribution in [0.2, 0.25) is 5.02 Å². The van der Waals surface area contributed by atoms with Crippen LogP contribution in [0, 0.1) is 17.5 Å². The minimum Gasteiger partial charge on any atom is -0.313 e. The lowest BCUT2D eigenvalue weighted by Crippen LogP contribution is -2.13. The van der Waals surface area contributed by atoms with Crippen molar-refractivity contribution in [1.82, 2.24) is 5.32 Å². The van der Waals surface area contributed by atoms with E-state index in [0.29, 0.717) is 18.7 Å². The summed E-state index contributed by atoms with van der Waals surface area (Å²) < 4.78 is 40.5. The Bertz CT molecular complexity index is 620. The fourth-order valence-corrected chi connectivity index (χ4v) is 2.38. The van der Waals surface area contributed by atoms with Gasteiger partial charge in [0.2, 0.25) is 0 Å². The van der Waals surface area contributed by atoms with E-state index in [2.05, 4.69) is 12.2 Å². The molecule has 0 aromatic heterocycles. The largest absolute Gasteiger partial charge is 0.313 e. The summed E-state index contributed by atoms with van der Waals surface area (Å²) in [5.41, 5.74) is 0.820. The third-order valence-electron chi connectivity index (χ3n) is 3.07. The van der Waals surface area contributed by atoms with Crippen molar-refractivity contribution >= 4 is 11.6 Å². The van der Waals surface area contributed by atoms with Crippen LogP contribution < -0.4 is 5.32 Å². The van der Waals surface area contributed by atoms with E-state index in [1.807, 2.05) is 0 Å². The van der Waals surface area contributed by atoms with Crippen LogP contribution in [0.4, 0.5) is 13.2 Å². The molecular weight excluding hydrogens is 299 g/mol. The van der Waals surface area contributed by atoms with Crippen molar-refractivity contribution in [2.45, 2.75) is 19.9 Å². The van der Waals surface area contributed by atoms with E-state index in [4.69, 9.17) is 11.6 Å². The molecule has 2 aromatic rings. The highest BCUT2D eigenvalue weighted by Gasteiger charge is 2.16. The van der Waals surface area contributed by atoms with Crippen LogP contribution in [0.1, 0.15) is 18.9 Å². The third kappa shape index (κ3) is 3.77. The van der Waals surface area contributed by atoms with Crippen molar-refractivity contribution in [2.75, 3.05) is 6.54 Å². The molecule has 2 rings (SSSR count). The molecule has 5 heteroatoms. The monoisotopic (exact) mass is 313 g/mol. The molecule has 0 amide bonds. The molecule has 0 aliphatic rings. The van der Waals surface area contributed by atoms with Crippen molar-refractivity contribution in [1.29, 1.82) is 0 Å². The molecule has 0 saturated heterocycles. The molecule has 112 valence electrons. The second-order valence-corrected chi connectivity index (χ2v) is 5.14. The van der Waals surface area contributed by atoms with Gasteiger partial charge in [-0.2, -0.15) is 0 Å². The Balaban J connectivity index is 2.33. The quantitative estimate of drug-likeness (QED) is 0.772. The molecule has 0 heterocycles. The van der Waals surface area contributed by atoms with Crippen molar-refractivity contribution in [3.8, 4) is 11.1 Å². The highest BCUT2D eigenvalue weighted by molar-refractivity contribution is 6.33. The number of nitrogens with one attached hydrogen (secondary N) is 1. The SMILES string of the molecule is CCCNCc1ccc(-c2c(F)cc(F)cc2F)c(Cl)c1. The summed E-state index contributed by atoms with van der Waals surface area (Å²) in [5, 5.41) is 3.44. The van der Waals surface area contributed by atoms with Gasteiger partial charge in [-0.15, -0.1) is 0 Å². The molecule has 0 atom stereocenters. The van der Waals surface area contributed by atoms with Gasteiger partial charge in [-0.1, -0.05) is 30.7 Å². The minimum atomic E-state index is -0.966. The maximum absolute atomic E-state index is 13.8. The second-order valence-electron chi connectivity index (χ2n) is 4.74. The Morgan fingerprint density at radius 3 is 2.29 bits per heavy atom. The van der Waals surface area contributed by atoms with Gasteiger partial charge in [0.25, 0.3) is 0 Å². The lowest BCUT2D eigenvalue weighted by Gasteiger charge is -2.10.